The molecule has 0 bridgehead atoms. The van der Waals surface area contributed by atoms with E-state index < -0.39 is 0 Å². The molecule has 1 aromatic heterocycles. The average molecular weight is 345 g/mol. The lowest BCUT2D eigenvalue weighted by molar-refractivity contribution is -0.132. The summed E-state index contributed by atoms with van der Waals surface area (Å²) in [6.07, 6.45) is 4.96. The van der Waals surface area contributed by atoms with Crippen molar-refractivity contribution in [2.24, 2.45) is 0 Å². The van der Waals surface area contributed by atoms with Gasteiger partial charge in [0, 0.05) is 19.2 Å². The lowest BCUT2D eigenvalue weighted by Crippen LogP contribution is -2.31. The van der Waals surface area contributed by atoms with Crippen LogP contribution >= 0.6 is 11.6 Å². The van der Waals surface area contributed by atoms with E-state index in [1.165, 1.54) is 0 Å². The number of likely N-dealkylation sites (tertiary alicyclic amines) is 1. The van der Waals surface area contributed by atoms with Crippen LogP contribution in [0.25, 0.3) is 0 Å². The zero-order valence-corrected chi connectivity index (χ0v) is 14.3. The molecular weight excluding hydrogens is 324 g/mol. The molecule has 1 aliphatic rings. The van der Waals surface area contributed by atoms with Gasteiger partial charge in [-0.1, -0.05) is 29.8 Å². The Morgan fingerprint density at radius 2 is 2.08 bits per heavy atom. The van der Waals surface area contributed by atoms with E-state index in [-0.39, 0.29) is 11.9 Å². The minimum Gasteiger partial charge on any atom is -0.492 e. The van der Waals surface area contributed by atoms with Crippen molar-refractivity contribution in [3.05, 3.63) is 59.4 Å². The molecular formula is C19H21ClN2O2. The maximum atomic E-state index is 12.5. The Labute approximate surface area is 147 Å². The molecule has 0 radical (unpaired) electrons. The topological polar surface area (TPSA) is 42.4 Å². The summed E-state index contributed by atoms with van der Waals surface area (Å²) in [6.45, 7) is 1.29. The zero-order chi connectivity index (χ0) is 16.8. The lowest BCUT2D eigenvalue weighted by Gasteiger charge is -2.24. The largest absolute Gasteiger partial charge is 0.492 e. The summed E-state index contributed by atoms with van der Waals surface area (Å²) < 4.78 is 5.65. The van der Waals surface area contributed by atoms with Crippen LogP contribution in [0, 0.1) is 0 Å². The Bertz CT molecular complexity index is 678. The number of carbonyl (C=O) groups excluding carboxylic acids is 1. The zero-order valence-electron chi connectivity index (χ0n) is 13.5. The summed E-state index contributed by atoms with van der Waals surface area (Å²) in [5, 5.41) is 0.596. The number of para-hydroxylation sites is 1. The molecule has 1 aromatic carbocycles. The molecule has 1 aliphatic heterocycles. The molecule has 1 saturated heterocycles. The molecule has 4 nitrogen and oxygen atoms in total. The number of nitrogens with zero attached hydrogens (tertiary/aromatic N) is 2. The first-order valence-electron chi connectivity index (χ1n) is 8.33. The van der Waals surface area contributed by atoms with Gasteiger partial charge in [0.05, 0.1) is 23.4 Å². The van der Waals surface area contributed by atoms with Gasteiger partial charge in [-0.3, -0.25) is 9.78 Å². The van der Waals surface area contributed by atoms with Crippen LogP contribution in [0.2, 0.25) is 5.02 Å². The number of ether oxygens (including phenoxy) is 1. The van der Waals surface area contributed by atoms with E-state index in [9.17, 15) is 4.79 Å². The number of hydrogen-bond acceptors (Lipinski definition) is 3. The molecule has 24 heavy (non-hydrogen) atoms. The molecule has 126 valence electrons. The number of aromatic nitrogens is 1. The summed E-state index contributed by atoms with van der Waals surface area (Å²) >= 11 is 6.05. The van der Waals surface area contributed by atoms with Crippen molar-refractivity contribution in [2.75, 3.05) is 13.2 Å². The van der Waals surface area contributed by atoms with E-state index >= 15 is 0 Å². The molecule has 0 saturated carbocycles. The van der Waals surface area contributed by atoms with Crippen LogP contribution in [0.15, 0.2) is 48.7 Å². The molecule has 2 heterocycles. The fourth-order valence-corrected chi connectivity index (χ4v) is 3.25. The number of carbonyl (C=O) groups is 1. The molecule has 5 heteroatoms. The maximum absolute atomic E-state index is 12.5. The second kappa shape index (κ2) is 8.15. The fraction of sp³-hybridized carbons (Fsp3) is 0.368. The van der Waals surface area contributed by atoms with E-state index in [2.05, 4.69) is 4.98 Å². The summed E-state index contributed by atoms with van der Waals surface area (Å²) in [5.74, 6) is 0.838. The summed E-state index contributed by atoms with van der Waals surface area (Å²) in [5.41, 5.74) is 0.982. The molecule has 3 rings (SSSR count). The molecule has 2 aromatic rings. The number of amides is 1. The third-order valence-electron chi connectivity index (χ3n) is 4.23. The number of rotatable bonds is 6. The monoisotopic (exact) mass is 344 g/mol. The van der Waals surface area contributed by atoms with Crippen LogP contribution < -0.4 is 4.74 Å². The highest BCUT2D eigenvalue weighted by molar-refractivity contribution is 6.32. The lowest BCUT2D eigenvalue weighted by atomic mass is 10.1. The van der Waals surface area contributed by atoms with Crippen LogP contribution in [0.4, 0.5) is 0 Å². The summed E-state index contributed by atoms with van der Waals surface area (Å²) in [6, 6.07) is 13.4. The number of hydrogen-bond donors (Lipinski definition) is 0. The van der Waals surface area contributed by atoms with Gasteiger partial charge in [-0.25, -0.2) is 0 Å². The van der Waals surface area contributed by atoms with E-state index in [4.69, 9.17) is 16.3 Å². The normalized spacial score (nSPS) is 17.0. The highest BCUT2D eigenvalue weighted by Crippen LogP contribution is 2.31. The van der Waals surface area contributed by atoms with E-state index in [1.807, 2.05) is 41.3 Å². The number of halogens is 1. The van der Waals surface area contributed by atoms with Gasteiger partial charge >= 0.3 is 0 Å². The summed E-state index contributed by atoms with van der Waals surface area (Å²) in [4.78, 5) is 18.9. The highest BCUT2D eigenvalue weighted by Gasteiger charge is 2.30. The van der Waals surface area contributed by atoms with E-state index in [1.54, 1.807) is 12.3 Å². The van der Waals surface area contributed by atoms with Crippen LogP contribution in [-0.2, 0) is 4.79 Å². The van der Waals surface area contributed by atoms with Gasteiger partial charge in [0.2, 0.25) is 5.91 Å². The smallest absolute Gasteiger partial charge is 0.223 e. The molecule has 0 aliphatic carbocycles. The van der Waals surface area contributed by atoms with Crippen molar-refractivity contribution in [3.63, 3.8) is 0 Å². The third kappa shape index (κ3) is 4.06. The molecule has 1 fully saturated rings. The van der Waals surface area contributed by atoms with Crippen LogP contribution in [0.3, 0.4) is 0 Å². The van der Waals surface area contributed by atoms with Crippen molar-refractivity contribution in [2.45, 2.75) is 31.7 Å². The quantitative estimate of drug-likeness (QED) is 0.735. The van der Waals surface area contributed by atoms with Crippen LogP contribution in [-0.4, -0.2) is 28.9 Å². The van der Waals surface area contributed by atoms with E-state index in [0.29, 0.717) is 30.2 Å². The predicted molar refractivity (Wildman–Crippen MR) is 94.1 cm³/mol. The Balaban J connectivity index is 1.49. The fourth-order valence-electron chi connectivity index (χ4n) is 3.06. The maximum Gasteiger partial charge on any atom is 0.223 e. The number of pyridine rings is 1. The van der Waals surface area contributed by atoms with Crippen molar-refractivity contribution in [3.8, 4) is 5.75 Å². The van der Waals surface area contributed by atoms with Gasteiger partial charge in [0.15, 0.2) is 0 Å². The van der Waals surface area contributed by atoms with Crippen molar-refractivity contribution in [1.82, 2.24) is 9.88 Å². The highest BCUT2D eigenvalue weighted by atomic mass is 35.5. The van der Waals surface area contributed by atoms with Crippen molar-refractivity contribution < 1.29 is 9.53 Å². The Morgan fingerprint density at radius 1 is 1.25 bits per heavy atom. The first-order valence-corrected chi connectivity index (χ1v) is 8.71. The molecule has 1 atom stereocenters. The van der Waals surface area contributed by atoms with Gasteiger partial charge in [-0.2, -0.15) is 0 Å². The Kier molecular flexibility index (Phi) is 5.70. The van der Waals surface area contributed by atoms with E-state index in [0.717, 1.165) is 25.1 Å². The van der Waals surface area contributed by atoms with Crippen molar-refractivity contribution >= 4 is 17.5 Å². The third-order valence-corrected chi connectivity index (χ3v) is 4.54. The predicted octanol–water partition coefficient (Wildman–Crippen LogP) is 4.26. The molecule has 0 spiro atoms. The average Bonchev–Trinajstić information content (AvgIpc) is 3.10. The minimum absolute atomic E-state index is 0.114. The van der Waals surface area contributed by atoms with Gasteiger partial charge in [0.1, 0.15) is 5.75 Å². The number of benzene rings is 1. The first kappa shape index (κ1) is 16.8. The molecule has 0 N–H and O–H groups in total. The van der Waals surface area contributed by atoms with Gasteiger partial charge in [0.25, 0.3) is 0 Å². The minimum atomic E-state index is 0.114. The molecule has 1 amide bonds. The molecule has 0 unspecified atom stereocenters. The van der Waals surface area contributed by atoms with Gasteiger partial charge in [-0.15, -0.1) is 0 Å². The Morgan fingerprint density at radius 3 is 2.88 bits per heavy atom. The van der Waals surface area contributed by atoms with Crippen molar-refractivity contribution in [1.29, 1.82) is 0 Å². The first-order chi connectivity index (χ1) is 11.8. The second-order valence-electron chi connectivity index (χ2n) is 5.88. The summed E-state index contributed by atoms with van der Waals surface area (Å²) in [7, 11) is 0. The van der Waals surface area contributed by atoms with Gasteiger partial charge < -0.3 is 9.64 Å². The Hall–Kier alpha value is -2.07. The van der Waals surface area contributed by atoms with Gasteiger partial charge in [-0.05, 0) is 43.5 Å². The second-order valence-corrected chi connectivity index (χ2v) is 6.29. The van der Waals surface area contributed by atoms with Crippen LogP contribution in [0.1, 0.15) is 37.4 Å². The standard InChI is InChI=1S/C19H21ClN2O2/c20-15-7-1-2-10-18(15)24-14-6-11-19(23)22-13-5-9-17(22)16-8-3-4-12-21-16/h1-4,7-8,10,12,17H,5-6,9,11,13-14H2/t17-/m1/s1. The van der Waals surface area contributed by atoms with Crippen LogP contribution in [0.5, 0.6) is 5.75 Å². The SMILES string of the molecule is O=C(CCCOc1ccccc1Cl)N1CCC[C@@H]1c1ccccn1.